The molecule has 0 bridgehead atoms. The topological polar surface area (TPSA) is 66.7 Å². The number of benzene rings is 1. The first-order valence-corrected chi connectivity index (χ1v) is 10.1. The summed E-state index contributed by atoms with van der Waals surface area (Å²) in [5, 5.41) is 3.05. The molecule has 1 aromatic carbocycles. The summed E-state index contributed by atoms with van der Waals surface area (Å²) in [6.07, 6.45) is 3.80. The van der Waals surface area contributed by atoms with Gasteiger partial charge in [0.2, 0.25) is 5.82 Å². The van der Waals surface area contributed by atoms with Crippen LogP contribution >= 0.6 is 0 Å². The zero-order valence-electron chi connectivity index (χ0n) is 17.1. The van der Waals surface area contributed by atoms with E-state index in [1.807, 2.05) is 48.2 Å². The van der Waals surface area contributed by atoms with Gasteiger partial charge in [0, 0.05) is 25.0 Å². The number of aromatic nitrogens is 2. The molecule has 0 atom stereocenters. The van der Waals surface area contributed by atoms with Gasteiger partial charge < -0.3 is 10.2 Å². The van der Waals surface area contributed by atoms with Gasteiger partial charge in [0.1, 0.15) is 0 Å². The number of para-hydroxylation sites is 1. The fraction of sp³-hybridized carbons (Fsp3) is 0.348. The molecular weight excluding hydrogens is 364 g/mol. The van der Waals surface area contributed by atoms with Gasteiger partial charge in [0.15, 0.2) is 5.69 Å². The van der Waals surface area contributed by atoms with Crippen LogP contribution in [0.25, 0.3) is 5.52 Å². The van der Waals surface area contributed by atoms with E-state index in [4.69, 9.17) is 0 Å². The summed E-state index contributed by atoms with van der Waals surface area (Å²) < 4.78 is 1.72. The van der Waals surface area contributed by atoms with Gasteiger partial charge in [-0.3, -0.25) is 14.0 Å². The van der Waals surface area contributed by atoms with Crippen LogP contribution in [0, 0.1) is 6.92 Å². The monoisotopic (exact) mass is 390 g/mol. The highest BCUT2D eigenvalue weighted by atomic mass is 16.2. The van der Waals surface area contributed by atoms with Crippen molar-refractivity contribution in [1.82, 2.24) is 14.3 Å². The maximum absolute atomic E-state index is 13.2. The lowest BCUT2D eigenvalue weighted by atomic mass is 9.98. The van der Waals surface area contributed by atoms with E-state index in [0.717, 1.165) is 42.7 Å². The number of nitrogens with zero attached hydrogens (tertiary/aromatic N) is 3. The van der Waals surface area contributed by atoms with Crippen molar-refractivity contribution in [2.24, 2.45) is 0 Å². The lowest BCUT2D eigenvalue weighted by Gasteiger charge is -2.16. The van der Waals surface area contributed by atoms with Gasteiger partial charge in [-0.05, 0) is 48.9 Å². The highest BCUT2D eigenvalue weighted by molar-refractivity contribution is 6.09. The van der Waals surface area contributed by atoms with E-state index in [1.165, 1.54) is 0 Å². The highest BCUT2D eigenvalue weighted by Crippen LogP contribution is 2.28. The van der Waals surface area contributed by atoms with E-state index in [1.54, 1.807) is 10.6 Å². The molecule has 6 heteroatoms. The fourth-order valence-electron chi connectivity index (χ4n) is 3.93. The Bertz CT molecular complexity index is 1080. The Hall–Kier alpha value is -3.15. The Morgan fingerprint density at radius 2 is 1.83 bits per heavy atom. The van der Waals surface area contributed by atoms with Gasteiger partial charge >= 0.3 is 0 Å². The van der Waals surface area contributed by atoms with Crippen LogP contribution in [-0.2, 0) is 0 Å². The first-order valence-electron chi connectivity index (χ1n) is 10.1. The van der Waals surface area contributed by atoms with Crippen molar-refractivity contribution >= 4 is 23.0 Å². The summed E-state index contributed by atoms with van der Waals surface area (Å²) in [5.74, 6) is 0.143. The van der Waals surface area contributed by atoms with Crippen molar-refractivity contribution in [3.8, 4) is 0 Å². The van der Waals surface area contributed by atoms with Gasteiger partial charge in [0.25, 0.3) is 11.8 Å². The summed E-state index contributed by atoms with van der Waals surface area (Å²) in [5.41, 5.74) is 3.80. The van der Waals surface area contributed by atoms with Gasteiger partial charge in [-0.1, -0.05) is 38.1 Å². The van der Waals surface area contributed by atoms with Crippen molar-refractivity contribution in [2.45, 2.75) is 39.5 Å². The summed E-state index contributed by atoms with van der Waals surface area (Å²) >= 11 is 0. The molecule has 1 aliphatic rings. The molecule has 4 rings (SSSR count). The second-order valence-corrected chi connectivity index (χ2v) is 7.89. The first-order chi connectivity index (χ1) is 14.0. The minimum absolute atomic E-state index is 0.124. The number of hydrogen-bond donors (Lipinski definition) is 1. The third-order valence-electron chi connectivity index (χ3n) is 5.51. The first kappa shape index (κ1) is 19.2. The number of likely N-dealkylation sites (tertiary alicyclic amines) is 1. The molecule has 0 aliphatic carbocycles. The molecule has 0 unspecified atom stereocenters. The van der Waals surface area contributed by atoms with Crippen LogP contribution in [0.5, 0.6) is 0 Å². The van der Waals surface area contributed by atoms with E-state index in [0.29, 0.717) is 11.3 Å². The van der Waals surface area contributed by atoms with Crippen LogP contribution in [0.2, 0.25) is 0 Å². The Balaban J connectivity index is 1.73. The second-order valence-electron chi connectivity index (χ2n) is 7.89. The van der Waals surface area contributed by atoms with Crippen LogP contribution in [0.1, 0.15) is 64.8 Å². The molecule has 0 saturated carbocycles. The average molecular weight is 390 g/mol. The Morgan fingerprint density at radius 3 is 2.55 bits per heavy atom. The molecule has 3 aromatic rings. The quantitative estimate of drug-likeness (QED) is 0.724. The third kappa shape index (κ3) is 3.50. The Labute approximate surface area is 170 Å². The second kappa shape index (κ2) is 7.70. The summed E-state index contributed by atoms with van der Waals surface area (Å²) in [6.45, 7) is 7.66. The normalized spacial score (nSPS) is 14.0. The van der Waals surface area contributed by atoms with Crippen molar-refractivity contribution in [3.63, 3.8) is 0 Å². The number of carbonyl (C=O) groups is 2. The molecule has 29 heavy (non-hydrogen) atoms. The molecule has 1 N–H and O–H groups in total. The van der Waals surface area contributed by atoms with Gasteiger partial charge in [-0.15, -0.1) is 0 Å². The van der Waals surface area contributed by atoms with Gasteiger partial charge in [-0.2, -0.15) is 0 Å². The van der Waals surface area contributed by atoms with E-state index in [-0.39, 0.29) is 23.4 Å². The number of aryl methyl sites for hydroxylation is 1. The molecule has 150 valence electrons. The zero-order valence-corrected chi connectivity index (χ0v) is 17.1. The van der Waals surface area contributed by atoms with Crippen LogP contribution < -0.4 is 5.32 Å². The SMILES string of the molecule is Cc1cccc(C(C)C)c1NC(=O)c1nc(C(=O)N2CCCC2)n2ccccc12. The van der Waals surface area contributed by atoms with Crippen molar-refractivity contribution < 1.29 is 9.59 Å². The van der Waals surface area contributed by atoms with Crippen molar-refractivity contribution in [2.75, 3.05) is 18.4 Å². The Kier molecular flexibility index (Phi) is 5.09. The number of fused-ring (bicyclic) bond motifs is 1. The molecule has 1 fully saturated rings. The molecule has 6 nitrogen and oxygen atoms in total. The number of rotatable bonds is 4. The number of hydrogen-bond acceptors (Lipinski definition) is 3. The number of imidazole rings is 1. The third-order valence-corrected chi connectivity index (χ3v) is 5.51. The molecule has 0 spiro atoms. The molecule has 1 saturated heterocycles. The maximum atomic E-state index is 13.2. The minimum Gasteiger partial charge on any atom is -0.336 e. The number of anilines is 1. The van der Waals surface area contributed by atoms with Crippen LogP contribution in [-0.4, -0.2) is 39.2 Å². The van der Waals surface area contributed by atoms with Gasteiger partial charge in [0.05, 0.1) is 5.52 Å². The van der Waals surface area contributed by atoms with Crippen molar-refractivity contribution in [3.05, 3.63) is 65.2 Å². The smallest absolute Gasteiger partial charge is 0.290 e. The summed E-state index contributed by atoms with van der Waals surface area (Å²) in [4.78, 5) is 32.5. The maximum Gasteiger partial charge on any atom is 0.290 e. The molecule has 2 amide bonds. The molecule has 3 heterocycles. The lowest BCUT2D eigenvalue weighted by Crippen LogP contribution is -2.29. The molecule has 0 radical (unpaired) electrons. The molecular formula is C23H26N4O2. The largest absolute Gasteiger partial charge is 0.336 e. The number of carbonyl (C=O) groups excluding carboxylic acids is 2. The van der Waals surface area contributed by atoms with Crippen LogP contribution in [0.4, 0.5) is 5.69 Å². The number of nitrogens with one attached hydrogen (secondary N) is 1. The fourth-order valence-corrected chi connectivity index (χ4v) is 3.93. The van der Waals surface area contributed by atoms with Crippen LogP contribution in [0.3, 0.4) is 0 Å². The van der Waals surface area contributed by atoms with Gasteiger partial charge in [-0.25, -0.2) is 4.98 Å². The van der Waals surface area contributed by atoms with E-state index >= 15 is 0 Å². The van der Waals surface area contributed by atoms with E-state index in [9.17, 15) is 9.59 Å². The number of amides is 2. The summed E-state index contributed by atoms with van der Waals surface area (Å²) in [7, 11) is 0. The standard InChI is InChI=1S/C23H26N4O2/c1-15(2)17-10-8-9-16(3)19(17)25-22(28)20-18-11-4-5-14-27(18)21(24-20)23(29)26-12-6-7-13-26/h4-5,8-11,14-15H,6-7,12-13H2,1-3H3,(H,25,28). The molecule has 2 aromatic heterocycles. The minimum atomic E-state index is -0.301. The van der Waals surface area contributed by atoms with Crippen molar-refractivity contribution in [1.29, 1.82) is 0 Å². The summed E-state index contributed by atoms with van der Waals surface area (Å²) in [6, 6.07) is 11.5. The average Bonchev–Trinajstić information content (AvgIpc) is 3.37. The predicted molar refractivity (Wildman–Crippen MR) is 114 cm³/mol. The lowest BCUT2D eigenvalue weighted by molar-refractivity contribution is 0.0780. The molecule has 1 aliphatic heterocycles. The zero-order chi connectivity index (χ0) is 20.5. The van der Waals surface area contributed by atoms with Crippen LogP contribution in [0.15, 0.2) is 42.6 Å². The Morgan fingerprint density at radius 1 is 1.07 bits per heavy atom. The van der Waals surface area contributed by atoms with E-state index < -0.39 is 0 Å². The van der Waals surface area contributed by atoms with E-state index in [2.05, 4.69) is 24.1 Å². The highest BCUT2D eigenvalue weighted by Gasteiger charge is 2.27. The predicted octanol–water partition coefficient (Wildman–Crippen LogP) is 4.25. The number of pyridine rings is 1.